The first-order valence-electron chi connectivity index (χ1n) is 6.98. The third-order valence-electron chi connectivity index (χ3n) is 3.63. The van der Waals surface area contributed by atoms with E-state index in [0.717, 1.165) is 0 Å². The largest absolute Gasteiger partial charge is 0.330 e. The Morgan fingerprint density at radius 3 is 0.710 bits per heavy atom. The molecule has 0 amide bonds. The van der Waals surface area contributed by atoms with Crippen LogP contribution in [-0.2, 0) is 27.4 Å². The van der Waals surface area contributed by atoms with Crippen LogP contribution in [0, 0.1) is 0 Å². The third kappa shape index (κ3) is 11.8. The third-order valence-corrected chi connectivity index (χ3v) is 12.3. The molecule has 0 fully saturated rings. The van der Waals surface area contributed by atoms with Crippen molar-refractivity contribution in [2.24, 2.45) is 0 Å². The van der Waals surface area contributed by atoms with Gasteiger partial charge in [0, 0.05) is 8.41 Å². The Morgan fingerprint density at radius 2 is 0.613 bits per heavy atom. The second kappa shape index (κ2) is 10.7. The Hall–Kier alpha value is 0.965. The fraction of sp³-hybridized carbons (Fsp3) is 1.00. The Morgan fingerprint density at radius 1 is 0.419 bits per heavy atom. The van der Waals surface area contributed by atoms with E-state index in [9.17, 15) is 66.5 Å². The summed E-state index contributed by atoms with van der Waals surface area (Å²) in [6.45, 7) is 0. The van der Waals surface area contributed by atoms with Crippen LogP contribution in [0.2, 0.25) is 0 Å². The summed E-state index contributed by atoms with van der Waals surface area (Å²) >= 11 is 0. The Bertz CT molecular complexity index is 821. The van der Waals surface area contributed by atoms with Gasteiger partial charge in [-0.15, -0.1) is 0 Å². The Balaban J connectivity index is 0. The van der Waals surface area contributed by atoms with Crippen LogP contribution >= 0.6 is 45.6 Å². The zero-order valence-electron chi connectivity index (χ0n) is 14.8. The van der Waals surface area contributed by atoms with E-state index in [1.165, 1.54) is 0 Å². The van der Waals surface area contributed by atoms with Crippen LogP contribution < -0.4 is 0 Å². The fourth-order valence-electron chi connectivity index (χ4n) is 2.62. The van der Waals surface area contributed by atoms with Crippen LogP contribution in [0.15, 0.2) is 0 Å². The molecule has 31 heavy (non-hydrogen) atoms. The minimum Gasteiger partial charge on any atom is -0.324 e. The lowest BCUT2D eigenvalue weighted by molar-refractivity contribution is 0.295. The maximum atomic E-state index is 11.9. The molecule has 0 aliphatic heterocycles. The summed E-state index contributed by atoms with van der Waals surface area (Å²) in [6, 6.07) is 0. The molecular weight excluding hydrogens is 557 g/mol. The van der Waals surface area contributed by atoms with Crippen molar-refractivity contribution in [3.8, 4) is 0 Å². The molecular formula is C6H20BO18P6. The molecule has 4 atom stereocenters. The highest BCUT2D eigenvalue weighted by molar-refractivity contribution is 7.62. The van der Waals surface area contributed by atoms with Gasteiger partial charge in [-0.2, -0.15) is 0 Å². The molecule has 0 aliphatic carbocycles. The first kappa shape index (κ1) is 34.1. The monoisotopic (exact) mass is 577 g/mol. The number of hydrogen-bond acceptors (Lipinski definition) is 6. The summed E-state index contributed by atoms with van der Waals surface area (Å²) in [6.07, 6.45) is -4.18. The van der Waals surface area contributed by atoms with Crippen molar-refractivity contribution in [3.05, 3.63) is 0 Å². The summed E-state index contributed by atoms with van der Waals surface area (Å²) in [7, 11) is -35.9. The van der Waals surface area contributed by atoms with Gasteiger partial charge in [0.2, 0.25) is 0 Å². The summed E-state index contributed by atoms with van der Waals surface area (Å²) in [5.74, 6) is 0. The van der Waals surface area contributed by atoms with E-state index in [2.05, 4.69) is 0 Å². The van der Waals surface area contributed by atoms with Gasteiger partial charge in [-0.1, -0.05) is 0 Å². The second-order valence-corrected chi connectivity index (χ2v) is 16.8. The topological polar surface area (TPSA) is 345 Å². The molecule has 0 saturated heterocycles. The highest BCUT2D eigenvalue weighted by Gasteiger charge is 2.61. The molecule has 12 N–H and O–H groups in total. The molecule has 3 radical (unpaired) electrons. The molecule has 0 rings (SSSR count). The lowest BCUT2D eigenvalue weighted by Gasteiger charge is -2.38. The molecule has 0 spiro atoms. The summed E-state index contributed by atoms with van der Waals surface area (Å²) < 4.78 is 69.6. The van der Waals surface area contributed by atoms with Crippen molar-refractivity contribution >= 4 is 54.0 Å². The van der Waals surface area contributed by atoms with E-state index in [1.54, 1.807) is 0 Å². The number of rotatable bonds is 11. The molecule has 0 heterocycles. The first-order chi connectivity index (χ1) is 12.7. The van der Waals surface area contributed by atoms with Crippen LogP contribution in [0.5, 0.6) is 0 Å². The normalized spacial score (nSPS) is 18.6. The van der Waals surface area contributed by atoms with Gasteiger partial charge < -0.3 is 58.7 Å². The molecule has 0 aromatic heterocycles. The summed E-state index contributed by atoms with van der Waals surface area (Å²) in [4.78, 5) is 111. The fourth-order valence-corrected chi connectivity index (χ4v) is 14.2. The van der Waals surface area contributed by atoms with Crippen LogP contribution in [0.25, 0.3) is 0 Å². The van der Waals surface area contributed by atoms with Crippen molar-refractivity contribution in [3.63, 3.8) is 0 Å². The predicted molar refractivity (Wildman–Crippen MR) is 103 cm³/mol. The molecule has 25 heteroatoms. The zero-order valence-corrected chi connectivity index (χ0v) is 20.2. The molecule has 0 aliphatic rings. The Labute approximate surface area is 175 Å². The quantitative estimate of drug-likeness (QED) is 0.0868. The predicted octanol–water partition coefficient (Wildman–Crippen LogP) is -2.85. The van der Waals surface area contributed by atoms with Crippen LogP contribution in [0.4, 0.5) is 0 Å². The molecule has 4 unspecified atom stereocenters. The van der Waals surface area contributed by atoms with Crippen LogP contribution in [0.1, 0.15) is 0 Å². The molecule has 18 nitrogen and oxygen atoms in total. The van der Waals surface area contributed by atoms with Gasteiger partial charge in [-0.3, -0.25) is 27.4 Å². The van der Waals surface area contributed by atoms with Gasteiger partial charge in [0.05, 0.1) is 35.0 Å². The first-order valence-corrected chi connectivity index (χ1v) is 17.3. The highest BCUT2D eigenvalue weighted by Crippen LogP contribution is 2.68. The van der Waals surface area contributed by atoms with Crippen molar-refractivity contribution in [1.29, 1.82) is 0 Å². The van der Waals surface area contributed by atoms with E-state index in [1.807, 2.05) is 0 Å². The van der Waals surface area contributed by atoms with E-state index < -0.39 is 80.5 Å². The van der Waals surface area contributed by atoms with Gasteiger partial charge in [-0.25, -0.2) is 0 Å². The minimum atomic E-state index is -6.28. The highest BCUT2D eigenvalue weighted by atomic mass is 31.2. The van der Waals surface area contributed by atoms with Crippen LogP contribution in [0.3, 0.4) is 0 Å². The molecule has 0 aromatic rings. The van der Waals surface area contributed by atoms with E-state index >= 15 is 0 Å². The van der Waals surface area contributed by atoms with Gasteiger partial charge in [0.25, 0.3) is 0 Å². The van der Waals surface area contributed by atoms with Crippen molar-refractivity contribution in [2.45, 2.75) is 22.6 Å². The second-order valence-electron chi connectivity index (χ2n) is 6.17. The lowest BCUT2D eigenvalue weighted by Crippen LogP contribution is -2.46. The molecule has 0 bridgehead atoms. The van der Waals surface area contributed by atoms with E-state index in [-0.39, 0.29) is 8.41 Å². The van der Waals surface area contributed by atoms with Crippen molar-refractivity contribution in [2.75, 3.05) is 12.3 Å². The molecule has 0 aromatic carbocycles. The zero-order chi connectivity index (χ0) is 24.7. The maximum Gasteiger partial charge on any atom is 0.330 e. The van der Waals surface area contributed by atoms with Crippen LogP contribution in [-0.4, -0.2) is 102 Å². The lowest BCUT2D eigenvalue weighted by atomic mass is 10.2. The SMILES string of the molecule is O=P(O)(O)CC(C(C(C(CP(=O)(O)O)P(=O)(O)O)P(=O)(O)O)P(=O)(O)O)P(=O)(O)O.[B]. The summed E-state index contributed by atoms with van der Waals surface area (Å²) in [5.41, 5.74) is -13.6. The van der Waals surface area contributed by atoms with Gasteiger partial charge in [-0.05, 0) is 0 Å². The minimum absolute atomic E-state index is 0. The average Bonchev–Trinajstić information content (AvgIpc) is 2.32. The standard InChI is InChI=1S/C6H20O18P6.B/c7-25(8,9)1-3(27(13,14)15)5(29(19,20)21)6(30(22,23)24)4(28(16,17)18)2-26(10,11)12;/h3-6H,1-2H2,(H2,7,8,9)(H2,10,11,12)(H2,13,14,15)(H2,16,17,18)(H2,19,20,21)(H2,22,23,24);. The smallest absolute Gasteiger partial charge is 0.324 e. The van der Waals surface area contributed by atoms with E-state index in [0.29, 0.717) is 0 Å². The maximum absolute atomic E-state index is 11.9. The summed E-state index contributed by atoms with van der Waals surface area (Å²) in [5, 5.41) is 0. The van der Waals surface area contributed by atoms with Gasteiger partial charge in [0.1, 0.15) is 0 Å². The Kier molecular flexibility index (Phi) is 11.8. The molecule has 185 valence electrons. The van der Waals surface area contributed by atoms with Crippen molar-refractivity contribution in [1.82, 2.24) is 0 Å². The van der Waals surface area contributed by atoms with Gasteiger partial charge >= 0.3 is 45.6 Å². The molecule has 0 saturated carbocycles. The van der Waals surface area contributed by atoms with E-state index in [4.69, 9.17) is 19.6 Å². The average molecular weight is 577 g/mol. The van der Waals surface area contributed by atoms with Crippen molar-refractivity contribution < 1.29 is 86.1 Å². The number of hydrogen-bond donors (Lipinski definition) is 12. The van der Waals surface area contributed by atoms with Gasteiger partial charge in [0.15, 0.2) is 0 Å².